The lowest BCUT2D eigenvalue weighted by Gasteiger charge is -2.05. The van der Waals surface area contributed by atoms with Crippen molar-refractivity contribution in [3.05, 3.63) is 53.4 Å². The van der Waals surface area contributed by atoms with Gasteiger partial charge in [-0.05, 0) is 24.3 Å². The number of Topliss-reactive ketones (excluding diaryl/α,β-unsaturated/α-hetero) is 1. The molecule has 1 aromatic carbocycles. The number of anilines is 1. The maximum Gasteiger partial charge on any atom is 0.272 e. The highest BCUT2D eigenvalue weighted by Gasteiger charge is 2.13. The molecule has 0 aliphatic heterocycles. The first-order valence-corrected chi connectivity index (χ1v) is 5.43. The fraction of sp³-hybridized carbons (Fsp3) is 0.0769. The second kappa shape index (κ2) is 5.01. The molecule has 19 heavy (non-hydrogen) atoms. The van der Waals surface area contributed by atoms with Gasteiger partial charge in [-0.25, -0.2) is 8.78 Å². The zero-order chi connectivity index (χ0) is 14.0. The Balaban J connectivity index is 2.20. The van der Waals surface area contributed by atoms with Crippen LogP contribution in [0.5, 0.6) is 0 Å². The number of hydrogen-bond acceptors (Lipinski definition) is 2. The summed E-state index contributed by atoms with van der Waals surface area (Å²) in [5.41, 5.74) is 0.0997. The minimum absolute atomic E-state index is 0.0915. The van der Waals surface area contributed by atoms with Crippen molar-refractivity contribution >= 4 is 17.4 Å². The highest BCUT2D eigenvalue weighted by molar-refractivity contribution is 6.04. The van der Waals surface area contributed by atoms with Crippen molar-refractivity contribution in [1.29, 1.82) is 0 Å². The van der Waals surface area contributed by atoms with E-state index in [-0.39, 0.29) is 22.9 Å². The van der Waals surface area contributed by atoms with Crippen LogP contribution in [0, 0.1) is 11.6 Å². The molecule has 0 saturated heterocycles. The lowest BCUT2D eigenvalue weighted by atomic mass is 10.3. The SMILES string of the molecule is CC(=O)c1ccc(C(=O)Nc2cc(F)ccc2F)[nH]1. The maximum absolute atomic E-state index is 13.3. The van der Waals surface area contributed by atoms with Crippen LogP contribution in [0.4, 0.5) is 14.5 Å². The van der Waals surface area contributed by atoms with Crippen LogP contribution in [0.1, 0.15) is 27.9 Å². The molecule has 1 aromatic heterocycles. The highest BCUT2D eigenvalue weighted by atomic mass is 19.1. The number of carbonyl (C=O) groups excluding carboxylic acids is 2. The number of nitrogens with one attached hydrogen (secondary N) is 2. The Labute approximate surface area is 107 Å². The first-order valence-electron chi connectivity index (χ1n) is 5.43. The Kier molecular flexibility index (Phi) is 3.41. The summed E-state index contributed by atoms with van der Waals surface area (Å²) in [6.07, 6.45) is 0. The van der Waals surface area contributed by atoms with Crippen LogP contribution in [0.25, 0.3) is 0 Å². The number of carbonyl (C=O) groups is 2. The summed E-state index contributed by atoms with van der Waals surface area (Å²) >= 11 is 0. The molecule has 0 fully saturated rings. The van der Waals surface area contributed by atoms with E-state index in [1.54, 1.807) is 0 Å². The minimum Gasteiger partial charge on any atom is -0.348 e. The number of benzene rings is 1. The average molecular weight is 264 g/mol. The summed E-state index contributed by atoms with van der Waals surface area (Å²) in [5, 5.41) is 2.22. The first-order chi connectivity index (χ1) is 8.97. The number of amides is 1. The smallest absolute Gasteiger partial charge is 0.272 e. The van der Waals surface area contributed by atoms with Gasteiger partial charge in [0.25, 0.3) is 5.91 Å². The van der Waals surface area contributed by atoms with Crippen molar-refractivity contribution in [1.82, 2.24) is 4.98 Å². The topological polar surface area (TPSA) is 62.0 Å². The van der Waals surface area contributed by atoms with Crippen LogP contribution < -0.4 is 5.32 Å². The first kappa shape index (κ1) is 12.9. The minimum atomic E-state index is -0.743. The quantitative estimate of drug-likeness (QED) is 0.837. The molecule has 0 aliphatic carbocycles. The van der Waals surface area contributed by atoms with Crippen LogP contribution in [0.2, 0.25) is 0 Å². The van der Waals surface area contributed by atoms with E-state index in [0.29, 0.717) is 0 Å². The van der Waals surface area contributed by atoms with Gasteiger partial charge in [0, 0.05) is 13.0 Å². The number of halogens is 2. The molecule has 1 amide bonds. The Bertz CT molecular complexity index is 650. The standard InChI is InChI=1S/C13H10F2N2O2/c1-7(18)10-4-5-11(16-10)13(19)17-12-6-8(14)2-3-9(12)15/h2-6,16H,1H3,(H,17,19). The average Bonchev–Trinajstić information content (AvgIpc) is 2.83. The van der Waals surface area contributed by atoms with Crippen molar-refractivity contribution in [2.45, 2.75) is 6.92 Å². The number of aromatic amines is 1. The molecule has 2 aromatic rings. The zero-order valence-electron chi connectivity index (χ0n) is 9.96. The maximum atomic E-state index is 13.3. The van der Waals surface area contributed by atoms with E-state index >= 15 is 0 Å². The molecule has 6 heteroatoms. The summed E-state index contributed by atoms with van der Waals surface area (Å²) in [5.74, 6) is -2.28. The van der Waals surface area contributed by atoms with Gasteiger partial charge in [0.2, 0.25) is 0 Å². The molecular formula is C13H10F2N2O2. The predicted octanol–water partition coefficient (Wildman–Crippen LogP) is 2.75. The highest BCUT2D eigenvalue weighted by Crippen LogP contribution is 2.16. The Morgan fingerprint density at radius 2 is 1.79 bits per heavy atom. The van der Waals surface area contributed by atoms with E-state index < -0.39 is 17.5 Å². The number of aromatic nitrogens is 1. The van der Waals surface area contributed by atoms with Gasteiger partial charge in [-0.15, -0.1) is 0 Å². The summed E-state index contributed by atoms with van der Waals surface area (Å²) in [7, 11) is 0. The van der Waals surface area contributed by atoms with E-state index in [1.807, 2.05) is 0 Å². The molecular weight excluding hydrogens is 254 g/mol. The number of rotatable bonds is 3. The fourth-order valence-electron chi connectivity index (χ4n) is 1.52. The monoisotopic (exact) mass is 264 g/mol. The van der Waals surface area contributed by atoms with E-state index in [1.165, 1.54) is 19.1 Å². The van der Waals surface area contributed by atoms with Gasteiger partial charge in [-0.3, -0.25) is 9.59 Å². The zero-order valence-corrected chi connectivity index (χ0v) is 9.96. The number of hydrogen-bond donors (Lipinski definition) is 2. The van der Waals surface area contributed by atoms with Gasteiger partial charge in [-0.1, -0.05) is 0 Å². The molecule has 0 bridgehead atoms. The molecule has 1 heterocycles. The van der Waals surface area contributed by atoms with Gasteiger partial charge in [0.1, 0.15) is 17.3 Å². The van der Waals surface area contributed by atoms with E-state index in [4.69, 9.17) is 0 Å². The van der Waals surface area contributed by atoms with Crippen molar-refractivity contribution in [3.63, 3.8) is 0 Å². The lowest BCUT2D eigenvalue weighted by Crippen LogP contribution is -2.14. The normalized spacial score (nSPS) is 10.3. The van der Waals surface area contributed by atoms with Crippen molar-refractivity contribution in [2.75, 3.05) is 5.32 Å². The van der Waals surface area contributed by atoms with E-state index in [0.717, 1.165) is 18.2 Å². The molecule has 0 saturated carbocycles. The van der Waals surface area contributed by atoms with Crippen LogP contribution in [-0.4, -0.2) is 16.7 Å². The second-order valence-electron chi connectivity index (χ2n) is 3.92. The summed E-state index contributed by atoms with van der Waals surface area (Å²) in [4.78, 5) is 25.4. The summed E-state index contributed by atoms with van der Waals surface area (Å²) in [6, 6.07) is 5.58. The number of H-pyrrole nitrogens is 1. The van der Waals surface area contributed by atoms with Crippen LogP contribution in [-0.2, 0) is 0 Å². The van der Waals surface area contributed by atoms with Crippen molar-refractivity contribution in [3.8, 4) is 0 Å². The second-order valence-corrected chi connectivity index (χ2v) is 3.92. The van der Waals surface area contributed by atoms with Crippen LogP contribution >= 0.6 is 0 Å². The van der Waals surface area contributed by atoms with Crippen molar-refractivity contribution < 1.29 is 18.4 Å². The molecule has 0 spiro atoms. The largest absolute Gasteiger partial charge is 0.348 e. The molecule has 0 atom stereocenters. The van der Waals surface area contributed by atoms with Crippen LogP contribution in [0.3, 0.4) is 0 Å². The molecule has 4 nitrogen and oxygen atoms in total. The van der Waals surface area contributed by atoms with E-state index in [9.17, 15) is 18.4 Å². The molecule has 2 rings (SSSR count). The van der Waals surface area contributed by atoms with Crippen molar-refractivity contribution in [2.24, 2.45) is 0 Å². The molecule has 2 N–H and O–H groups in total. The Hall–Kier alpha value is -2.50. The molecule has 98 valence electrons. The third-order valence-electron chi connectivity index (χ3n) is 2.49. The van der Waals surface area contributed by atoms with Gasteiger partial charge >= 0.3 is 0 Å². The van der Waals surface area contributed by atoms with E-state index in [2.05, 4.69) is 10.3 Å². The van der Waals surface area contributed by atoms with Gasteiger partial charge in [0.15, 0.2) is 5.78 Å². The number of ketones is 1. The molecule has 0 aliphatic rings. The Morgan fingerprint density at radius 1 is 1.11 bits per heavy atom. The van der Waals surface area contributed by atoms with Gasteiger partial charge in [-0.2, -0.15) is 0 Å². The molecule has 0 unspecified atom stereocenters. The summed E-state index contributed by atoms with van der Waals surface area (Å²) < 4.78 is 26.3. The lowest BCUT2D eigenvalue weighted by molar-refractivity contribution is 0.101. The summed E-state index contributed by atoms with van der Waals surface area (Å²) in [6.45, 7) is 1.35. The third-order valence-corrected chi connectivity index (χ3v) is 2.49. The third kappa shape index (κ3) is 2.85. The molecule has 0 radical (unpaired) electrons. The Morgan fingerprint density at radius 3 is 2.42 bits per heavy atom. The fourth-order valence-corrected chi connectivity index (χ4v) is 1.52. The van der Waals surface area contributed by atoms with Gasteiger partial charge in [0.05, 0.1) is 11.4 Å². The van der Waals surface area contributed by atoms with Crippen LogP contribution in [0.15, 0.2) is 30.3 Å². The van der Waals surface area contributed by atoms with Gasteiger partial charge < -0.3 is 10.3 Å². The predicted molar refractivity (Wildman–Crippen MR) is 65.1 cm³/mol.